The average molecular weight is 357 g/mol. The molecule has 0 aliphatic heterocycles. The Morgan fingerprint density at radius 3 is 2.62 bits per heavy atom. The third-order valence-electron chi connectivity index (χ3n) is 3.68. The predicted molar refractivity (Wildman–Crippen MR) is 87.6 cm³/mol. The van der Waals surface area contributed by atoms with E-state index in [4.69, 9.17) is 9.47 Å². The molecular weight excluding hydrogens is 334 g/mol. The van der Waals surface area contributed by atoms with Crippen LogP contribution in [0.4, 0.5) is 5.69 Å². The number of esters is 1. The molecule has 24 heavy (non-hydrogen) atoms. The lowest BCUT2D eigenvalue weighted by Gasteiger charge is -2.15. The summed E-state index contributed by atoms with van der Waals surface area (Å²) in [5.41, 5.74) is -1.43. The largest absolute Gasteiger partial charge is 0.466 e. The third kappa shape index (κ3) is 4.54. The minimum atomic E-state index is -1.20. The Labute approximate surface area is 141 Å². The van der Waals surface area contributed by atoms with Crippen LogP contribution in [0.2, 0.25) is 25.7 Å². The number of rotatable bonds is 9. The van der Waals surface area contributed by atoms with E-state index in [2.05, 4.69) is 29.5 Å². The number of nitro groups is 1. The van der Waals surface area contributed by atoms with Gasteiger partial charge in [0.2, 0.25) is 5.60 Å². The van der Waals surface area contributed by atoms with Crippen molar-refractivity contribution < 1.29 is 23.9 Å². The average Bonchev–Trinajstić information content (AvgIpc) is 3.15. The van der Waals surface area contributed by atoms with Crippen molar-refractivity contribution in [1.82, 2.24) is 9.78 Å². The summed E-state index contributed by atoms with van der Waals surface area (Å²) in [6.07, 6.45) is 2.16. The van der Waals surface area contributed by atoms with Gasteiger partial charge in [-0.15, -0.1) is 5.10 Å². The molecule has 1 heterocycles. The lowest BCUT2D eigenvalue weighted by atomic mass is 10.3. The number of ether oxygens (including phenoxy) is 3. The van der Waals surface area contributed by atoms with Crippen LogP contribution in [-0.2, 0) is 21.0 Å². The highest BCUT2D eigenvalue weighted by Gasteiger charge is 2.55. The van der Waals surface area contributed by atoms with Gasteiger partial charge in [-0.2, -0.15) is 0 Å². The van der Waals surface area contributed by atoms with Gasteiger partial charge < -0.3 is 14.2 Å². The van der Waals surface area contributed by atoms with Crippen molar-refractivity contribution in [1.29, 1.82) is 0 Å². The number of carbonyl (C=O) groups excluding carboxylic acids is 1. The molecule has 0 aromatic carbocycles. The maximum absolute atomic E-state index is 11.7. The van der Waals surface area contributed by atoms with Crippen LogP contribution in [0, 0.1) is 10.1 Å². The van der Waals surface area contributed by atoms with Gasteiger partial charge in [0.15, 0.2) is 0 Å². The fourth-order valence-corrected chi connectivity index (χ4v) is 2.78. The molecule has 0 unspecified atom stereocenters. The van der Waals surface area contributed by atoms with Crippen molar-refractivity contribution in [2.24, 2.45) is 0 Å². The minimum Gasteiger partial charge on any atom is -0.466 e. The molecule has 1 fully saturated rings. The van der Waals surface area contributed by atoms with Crippen molar-refractivity contribution in [3.8, 4) is 5.88 Å². The highest BCUT2D eigenvalue weighted by molar-refractivity contribution is 6.76. The number of aromatic nitrogens is 2. The van der Waals surface area contributed by atoms with Crippen LogP contribution in [0.1, 0.15) is 12.8 Å². The molecule has 2 rings (SSSR count). The molecule has 0 amide bonds. The second-order valence-corrected chi connectivity index (χ2v) is 12.7. The quantitative estimate of drug-likeness (QED) is 0.219. The zero-order valence-electron chi connectivity index (χ0n) is 14.4. The Bertz CT molecular complexity index is 621. The summed E-state index contributed by atoms with van der Waals surface area (Å²) >= 11 is 0. The molecule has 134 valence electrons. The van der Waals surface area contributed by atoms with E-state index in [1.54, 1.807) is 0 Å². The van der Waals surface area contributed by atoms with E-state index in [0.717, 1.165) is 6.04 Å². The van der Waals surface area contributed by atoms with Crippen molar-refractivity contribution in [3.63, 3.8) is 0 Å². The first-order valence-corrected chi connectivity index (χ1v) is 11.4. The summed E-state index contributed by atoms with van der Waals surface area (Å²) in [6, 6.07) is 0.991. The van der Waals surface area contributed by atoms with E-state index >= 15 is 0 Å². The molecular formula is C14H23N3O6Si. The van der Waals surface area contributed by atoms with Gasteiger partial charge in [0, 0.05) is 27.5 Å². The number of hydrogen-bond acceptors (Lipinski definition) is 7. The minimum absolute atomic E-state index is 0.0971. The Hall–Kier alpha value is -1.94. The summed E-state index contributed by atoms with van der Waals surface area (Å²) in [4.78, 5) is 22.3. The maximum Gasteiger partial charge on any atom is 0.350 e. The SMILES string of the molecule is COC(=O)C1(Oc2nn(COCC[Si](C)(C)C)cc2[N+](=O)[O-])CC1. The summed E-state index contributed by atoms with van der Waals surface area (Å²) in [5.74, 6) is -0.727. The van der Waals surface area contributed by atoms with E-state index < -0.39 is 24.6 Å². The first-order valence-electron chi connectivity index (χ1n) is 7.74. The maximum atomic E-state index is 11.7. The highest BCUT2D eigenvalue weighted by Crippen LogP contribution is 2.43. The van der Waals surface area contributed by atoms with Crippen LogP contribution in [0.15, 0.2) is 6.20 Å². The molecule has 0 saturated heterocycles. The molecule has 1 saturated carbocycles. The van der Waals surface area contributed by atoms with Crippen LogP contribution >= 0.6 is 0 Å². The first-order chi connectivity index (χ1) is 11.2. The van der Waals surface area contributed by atoms with Gasteiger partial charge >= 0.3 is 17.5 Å². The number of hydrogen-bond donors (Lipinski definition) is 0. The van der Waals surface area contributed by atoms with Crippen molar-refractivity contribution >= 4 is 19.7 Å². The molecule has 1 aromatic rings. The summed E-state index contributed by atoms with van der Waals surface area (Å²) in [7, 11) is 0.0568. The van der Waals surface area contributed by atoms with Gasteiger partial charge in [-0.05, 0) is 6.04 Å². The number of nitrogens with zero attached hydrogens (tertiary/aromatic N) is 3. The topological polar surface area (TPSA) is 106 Å². The van der Waals surface area contributed by atoms with Gasteiger partial charge in [0.05, 0.1) is 12.0 Å². The van der Waals surface area contributed by atoms with Gasteiger partial charge in [-0.25, -0.2) is 9.48 Å². The normalized spacial score (nSPS) is 15.8. The molecule has 1 aliphatic carbocycles. The second kappa shape index (κ2) is 6.89. The highest BCUT2D eigenvalue weighted by atomic mass is 28.3. The van der Waals surface area contributed by atoms with Crippen LogP contribution < -0.4 is 4.74 Å². The van der Waals surface area contributed by atoms with E-state index in [9.17, 15) is 14.9 Å². The van der Waals surface area contributed by atoms with Crippen molar-refractivity contribution in [2.75, 3.05) is 13.7 Å². The van der Waals surface area contributed by atoms with Crippen molar-refractivity contribution in [3.05, 3.63) is 16.3 Å². The Morgan fingerprint density at radius 1 is 1.46 bits per heavy atom. The summed E-state index contributed by atoms with van der Waals surface area (Å²) in [6.45, 7) is 7.39. The fourth-order valence-electron chi connectivity index (χ4n) is 2.03. The molecule has 9 nitrogen and oxygen atoms in total. The molecule has 10 heteroatoms. The standard InChI is InChI=1S/C14H23N3O6Si/c1-21-13(18)14(5-6-14)23-12-11(17(19)20)9-16(15-12)10-22-7-8-24(2,3)4/h9H,5-8,10H2,1-4H3. The fraction of sp³-hybridized carbons (Fsp3) is 0.714. The van der Waals surface area contributed by atoms with Crippen LogP contribution in [0.25, 0.3) is 0 Å². The van der Waals surface area contributed by atoms with Gasteiger partial charge in [-0.3, -0.25) is 10.1 Å². The molecule has 0 radical (unpaired) electrons. The number of methoxy groups -OCH3 is 1. The smallest absolute Gasteiger partial charge is 0.350 e. The monoisotopic (exact) mass is 357 g/mol. The van der Waals surface area contributed by atoms with E-state index in [0.29, 0.717) is 19.4 Å². The molecule has 0 spiro atoms. The van der Waals surface area contributed by atoms with E-state index in [1.165, 1.54) is 18.0 Å². The molecule has 0 N–H and O–H groups in total. The predicted octanol–water partition coefficient (Wildman–Crippen LogP) is 2.19. The van der Waals surface area contributed by atoms with Crippen molar-refractivity contribution in [2.45, 2.75) is 50.9 Å². The van der Waals surface area contributed by atoms with Crippen LogP contribution in [0.5, 0.6) is 5.88 Å². The van der Waals surface area contributed by atoms with Gasteiger partial charge in [-0.1, -0.05) is 19.6 Å². The lowest BCUT2D eigenvalue weighted by molar-refractivity contribution is -0.386. The zero-order chi connectivity index (χ0) is 18.0. The van der Waals surface area contributed by atoms with E-state index in [-0.39, 0.29) is 18.3 Å². The summed E-state index contributed by atoms with van der Waals surface area (Å²) in [5, 5.41) is 15.2. The zero-order valence-corrected chi connectivity index (χ0v) is 15.4. The molecule has 0 atom stereocenters. The van der Waals surface area contributed by atoms with Crippen LogP contribution in [0.3, 0.4) is 0 Å². The van der Waals surface area contributed by atoms with Crippen LogP contribution in [-0.4, -0.2) is 48.1 Å². The number of carbonyl (C=O) groups is 1. The van der Waals surface area contributed by atoms with Gasteiger partial charge in [0.25, 0.3) is 0 Å². The lowest BCUT2D eigenvalue weighted by Crippen LogP contribution is -2.31. The third-order valence-corrected chi connectivity index (χ3v) is 5.38. The molecule has 1 aromatic heterocycles. The molecule has 1 aliphatic rings. The summed E-state index contributed by atoms with van der Waals surface area (Å²) < 4.78 is 17.0. The Balaban J connectivity index is 2.02. The van der Waals surface area contributed by atoms with E-state index in [1.807, 2.05) is 0 Å². The molecule has 0 bridgehead atoms. The Kier molecular flexibility index (Phi) is 5.28. The Morgan fingerprint density at radius 2 is 2.12 bits per heavy atom. The first kappa shape index (κ1) is 18.4. The second-order valence-electron chi connectivity index (χ2n) is 7.05. The van der Waals surface area contributed by atoms with Gasteiger partial charge in [0.1, 0.15) is 12.9 Å².